The summed E-state index contributed by atoms with van der Waals surface area (Å²) in [6.07, 6.45) is 1.11. The van der Waals surface area contributed by atoms with Gasteiger partial charge in [-0.05, 0) is 24.3 Å². The minimum absolute atomic E-state index is 0.121. The molecule has 0 saturated heterocycles. The summed E-state index contributed by atoms with van der Waals surface area (Å²) in [6, 6.07) is 8.31. The third-order valence-corrected chi connectivity index (χ3v) is 2.92. The lowest BCUT2D eigenvalue weighted by atomic mass is 9.98. The fourth-order valence-electron chi connectivity index (χ4n) is 2.08. The third-order valence-electron chi connectivity index (χ3n) is 2.92. The molecule has 0 saturated carbocycles. The maximum absolute atomic E-state index is 10.0. The lowest BCUT2D eigenvalue weighted by Gasteiger charge is -2.28. The van der Waals surface area contributed by atoms with Crippen LogP contribution in [0.3, 0.4) is 0 Å². The molecule has 4 heteroatoms. The molecule has 1 aliphatic rings. The van der Waals surface area contributed by atoms with Gasteiger partial charge in [0.1, 0.15) is 17.3 Å². The summed E-state index contributed by atoms with van der Waals surface area (Å²) >= 11 is 0. The number of benzene rings is 1. The fourth-order valence-corrected chi connectivity index (χ4v) is 2.08. The molecule has 4 nitrogen and oxygen atoms in total. The average Bonchev–Trinajstić information content (AvgIpc) is 2.81. The first-order valence-corrected chi connectivity index (χ1v) is 5.45. The molecular formula is C13H12O4. The van der Waals surface area contributed by atoms with Gasteiger partial charge in [-0.15, -0.1) is 0 Å². The average molecular weight is 232 g/mol. The van der Waals surface area contributed by atoms with Gasteiger partial charge in [0.2, 0.25) is 0 Å². The van der Waals surface area contributed by atoms with Crippen molar-refractivity contribution in [2.24, 2.45) is 0 Å². The van der Waals surface area contributed by atoms with Gasteiger partial charge in [-0.1, -0.05) is 0 Å². The van der Waals surface area contributed by atoms with Crippen molar-refractivity contribution >= 4 is 0 Å². The molecular weight excluding hydrogens is 220 g/mol. The van der Waals surface area contributed by atoms with Crippen LogP contribution in [0.15, 0.2) is 41.0 Å². The minimum atomic E-state index is -0.602. The highest BCUT2D eigenvalue weighted by atomic mass is 16.5. The second kappa shape index (κ2) is 3.82. The molecule has 0 spiro atoms. The normalized spacial score (nSPS) is 22.9. The van der Waals surface area contributed by atoms with Crippen LogP contribution in [0.2, 0.25) is 0 Å². The van der Waals surface area contributed by atoms with Crippen molar-refractivity contribution in [1.82, 2.24) is 0 Å². The summed E-state index contributed by atoms with van der Waals surface area (Å²) in [5.41, 5.74) is 0.700. The zero-order valence-electron chi connectivity index (χ0n) is 9.04. The first-order chi connectivity index (χ1) is 8.24. The number of furan rings is 1. The van der Waals surface area contributed by atoms with E-state index in [9.17, 15) is 10.2 Å². The Bertz CT molecular complexity index is 518. The predicted octanol–water partition coefficient (Wildman–Crippen LogP) is 2.54. The molecule has 88 valence electrons. The number of rotatable bonds is 1. The molecule has 2 N–H and O–H groups in total. The van der Waals surface area contributed by atoms with Crippen LogP contribution in [0, 0.1) is 0 Å². The quantitative estimate of drug-likeness (QED) is 0.793. The molecule has 1 aliphatic heterocycles. The summed E-state index contributed by atoms with van der Waals surface area (Å²) in [4.78, 5) is 0. The Labute approximate surface area is 98.1 Å². The number of ether oxygens (including phenoxy) is 1. The Morgan fingerprint density at radius 3 is 2.88 bits per heavy atom. The molecule has 3 rings (SSSR count). The molecule has 0 aliphatic carbocycles. The van der Waals surface area contributed by atoms with E-state index in [-0.39, 0.29) is 11.9 Å². The molecule has 2 aromatic rings. The van der Waals surface area contributed by atoms with Crippen LogP contribution in [0.1, 0.15) is 30.0 Å². The van der Waals surface area contributed by atoms with E-state index in [1.165, 1.54) is 6.07 Å². The van der Waals surface area contributed by atoms with Crippen LogP contribution in [0.4, 0.5) is 0 Å². The van der Waals surface area contributed by atoms with E-state index >= 15 is 0 Å². The summed E-state index contributed by atoms with van der Waals surface area (Å²) in [6.45, 7) is 0. The van der Waals surface area contributed by atoms with Gasteiger partial charge in [0.15, 0.2) is 6.10 Å². The first-order valence-electron chi connectivity index (χ1n) is 5.45. The molecule has 2 heterocycles. The van der Waals surface area contributed by atoms with Gasteiger partial charge in [-0.3, -0.25) is 0 Å². The number of aliphatic hydroxyl groups excluding tert-OH is 1. The highest BCUT2D eigenvalue weighted by molar-refractivity contribution is 5.43. The maximum Gasteiger partial charge on any atom is 0.159 e. The summed E-state index contributed by atoms with van der Waals surface area (Å²) < 4.78 is 11.0. The van der Waals surface area contributed by atoms with Crippen molar-refractivity contribution in [3.05, 3.63) is 47.9 Å². The summed E-state index contributed by atoms with van der Waals surface area (Å²) in [5, 5.41) is 19.4. The lowest BCUT2D eigenvalue weighted by molar-refractivity contribution is 0.0544. The number of phenols is 1. The maximum atomic E-state index is 10.0. The molecule has 17 heavy (non-hydrogen) atoms. The van der Waals surface area contributed by atoms with Crippen LogP contribution in [-0.2, 0) is 0 Å². The van der Waals surface area contributed by atoms with E-state index in [1.54, 1.807) is 24.5 Å². The number of hydrogen-bond acceptors (Lipinski definition) is 4. The van der Waals surface area contributed by atoms with Crippen LogP contribution in [-0.4, -0.2) is 10.2 Å². The van der Waals surface area contributed by atoms with Crippen molar-refractivity contribution in [2.45, 2.75) is 18.6 Å². The van der Waals surface area contributed by atoms with Crippen molar-refractivity contribution < 1.29 is 19.4 Å². The SMILES string of the molecule is Oc1ccc2c(c1)O[C@H](c1ccco1)C[C@@H]2O. The predicted molar refractivity (Wildman–Crippen MR) is 59.8 cm³/mol. The molecule has 0 fully saturated rings. The Kier molecular flexibility index (Phi) is 2.30. The van der Waals surface area contributed by atoms with Crippen LogP contribution < -0.4 is 4.74 Å². The Morgan fingerprint density at radius 2 is 2.12 bits per heavy atom. The molecule has 1 aromatic heterocycles. The fraction of sp³-hybridized carbons (Fsp3) is 0.231. The van der Waals surface area contributed by atoms with Gasteiger partial charge >= 0.3 is 0 Å². The van der Waals surface area contributed by atoms with E-state index in [2.05, 4.69) is 0 Å². The largest absolute Gasteiger partial charge is 0.508 e. The topological polar surface area (TPSA) is 62.8 Å². The number of aliphatic hydroxyl groups is 1. The van der Waals surface area contributed by atoms with Crippen molar-refractivity contribution in [2.75, 3.05) is 0 Å². The van der Waals surface area contributed by atoms with Crippen molar-refractivity contribution in [3.8, 4) is 11.5 Å². The van der Waals surface area contributed by atoms with Crippen molar-refractivity contribution in [1.29, 1.82) is 0 Å². The molecule has 0 unspecified atom stereocenters. The van der Waals surface area contributed by atoms with E-state index < -0.39 is 6.10 Å². The van der Waals surface area contributed by atoms with Gasteiger partial charge in [-0.2, -0.15) is 0 Å². The second-order valence-corrected chi connectivity index (χ2v) is 4.10. The summed E-state index contributed by atoms with van der Waals surface area (Å²) in [5.74, 6) is 1.30. The van der Waals surface area contributed by atoms with E-state index in [1.807, 2.05) is 6.07 Å². The van der Waals surface area contributed by atoms with Gasteiger partial charge in [-0.25, -0.2) is 0 Å². The smallest absolute Gasteiger partial charge is 0.159 e. The molecule has 0 bridgehead atoms. The monoisotopic (exact) mass is 232 g/mol. The third kappa shape index (κ3) is 1.76. The Balaban J connectivity index is 1.97. The first kappa shape index (κ1) is 10.2. The van der Waals surface area contributed by atoms with E-state index in [4.69, 9.17) is 9.15 Å². The minimum Gasteiger partial charge on any atom is -0.508 e. The van der Waals surface area contributed by atoms with E-state index in [0.717, 1.165) is 0 Å². The van der Waals surface area contributed by atoms with Gasteiger partial charge in [0.25, 0.3) is 0 Å². The molecule has 2 atom stereocenters. The Hall–Kier alpha value is -1.94. The zero-order valence-corrected chi connectivity index (χ0v) is 9.04. The molecule has 0 radical (unpaired) electrons. The Morgan fingerprint density at radius 1 is 1.24 bits per heavy atom. The standard InChI is InChI=1S/C13H12O4/c14-8-3-4-9-10(15)7-13(17-12(9)6-8)11-2-1-5-16-11/h1-6,10,13-15H,7H2/t10-,13-/m0/s1. The van der Waals surface area contributed by atoms with Crippen LogP contribution in [0.25, 0.3) is 0 Å². The van der Waals surface area contributed by atoms with Gasteiger partial charge in [0.05, 0.1) is 12.4 Å². The molecule has 1 aromatic carbocycles. The summed E-state index contributed by atoms with van der Waals surface area (Å²) in [7, 11) is 0. The van der Waals surface area contributed by atoms with Gasteiger partial charge < -0.3 is 19.4 Å². The second-order valence-electron chi connectivity index (χ2n) is 4.10. The van der Waals surface area contributed by atoms with E-state index in [0.29, 0.717) is 23.5 Å². The number of phenolic OH excluding ortho intramolecular Hbond substituents is 1. The highest BCUT2D eigenvalue weighted by Crippen LogP contribution is 2.42. The number of fused-ring (bicyclic) bond motifs is 1. The van der Waals surface area contributed by atoms with Crippen LogP contribution >= 0.6 is 0 Å². The van der Waals surface area contributed by atoms with Gasteiger partial charge in [0, 0.05) is 18.1 Å². The number of aromatic hydroxyl groups is 1. The van der Waals surface area contributed by atoms with Crippen molar-refractivity contribution in [3.63, 3.8) is 0 Å². The van der Waals surface area contributed by atoms with Crippen LogP contribution in [0.5, 0.6) is 11.5 Å². The number of hydrogen-bond donors (Lipinski definition) is 2. The highest BCUT2D eigenvalue weighted by Gasteiger charge is 2.29. The lowest BCUT2D eigenvalue weighted by Crippen LogP contribution is -2.18. The molecule has 0 amide bonds. The zero-order chi connectivity index (χ0) is 11.8.